The summed E-state index contributed by atoms with van der Waals surface area (Å²) < 4.78 is 0. The predicted octanol–water partition coefficient (Wildman–Crippen LogP) is 3.35. The zero-order valence-electron chi connectivity index (χ0n) is 17.4. The molecule has 7 nitrogen and oxygen atoms in total. The van der Waals surface area contributed by atoms with E-state index in [2.05, 4.69) is 65.4 Å². The SMILES string of the molecule is CC(C)N(C(=O)C(c1cccnc1)C(Cc1nn[nH]n1)c1ccccc1)C(C)C. The third kappa shape index (κ3) is 4.85. The van der Waals surface area contributed by atoms with Crippen LogP contribution >= 0.6 is 0 Å². The summed E-state index contributed by atoms with van der Waals surface area (Å²) >= 11 is 0. The van der Waals surface area contributed by atoms with Gasteiger partial charge in [0.2, 0.25) is 5.91 Å². The van der Waals surface area contributed by atoms with Gasteiger partial charge in [0.25, 0.3) is 0 Å². The molecule has 0 fully saturated rings. The molecule has 2 aromatic heterocycles. The minimum atomic E-state index is -0.408. The molecule has 1 aromatic carbocycles. The maximum absolute atomic E-state index is 13.9. The molecule has 7 heteroatoms. The highest BCUT2D eigenvalue weighted by molar-refractivity contribution is 5.85. The summed E-state index contributed by atoms with van der Waals surface area (Å²) in [6.45, 7) is 8.20. The van der Waals surface area contributed by atoms with Crippen LogP contribution in [0.5, 0.6) is 0 Å². The first kappa shape index (κ1) is 20.6. The van der Waals surface area contributed by atoms with Crippen LogP contribution in [0.2, 0.25) is 0 Å². The van der Waals surface area contributed by atoms with Crippen molar-refractivity contribution in [1.29, 1.82) is 0 Å². The number of nitrogens with zero attached hydrogens (tertiary/aromatic N) is 5. The molecule has 1 amide bonds. The molecule has 1 N–H and O–H groups in total. The molecule has 3 aromatic rings. The molecule has 0 saturated carbocycles. The number of nitrogens with one attached hydrogen (secondary N) is 1. The first-order valence-corrected chi connectivity index (χ1v) is 9.98. The smallest absolute Gasteiger partial charge is 0.231 e. The number of amides is 1. The fourth-order valence-electron chi connectivity index (χ4n) is 3.97. The number of H-pyrrole nitrogens is 1. The van der Waals surface area contributed by atoms with E-state index >= 15 is 0 Å². The Hall–Kier alpha value is -3.09. The first-order valence-electron chi connectivity index (χ1n) is 9.98. The third-order valence-corrected chi connectivity index (χ3v) is 5.10. The number of carbonyl (C=O) groups is 1. The van der Waals surface area contributed by atoms with Gasteiger partial charge in [-0.15, -0.1) is 10.2 Å². The van der Waals surface area contributed by atoms with E-state index in [1.165, 1.54) is 0 Å². The van der Waals surface area contributed by atoms with Crippen molar-refractivity contribution in [2.45, 2.75) is 58.0 Å². The van der Waals surface area contributed by atoms with E-state index in [0.29, 0.717) is 12.2 Å². The van der Waals surface area contributed by atoms with E-state index in [-0.39, 0.29) is 23.9 Å². The molecule has 29 heavy (non-hydrogen) atoms. The molecule has 0 bridgehead atoms. The van der Waals surface area contributed by atoms with Crippen molar-refractivity contribution in [2.24, 2.45) is 0 Å². The topological polar surface area (TPSA) is 87.7 Å². The number of aromatic nitrogens is 5. The maximum atomic E-state index is 13.9. The van der Waals surface area contributed by atoms with Gasteiger partial charge in [0, 0.05) is 36.8 Å². The number of hydrogen-bond donors (Lipinski definition) is 1. The van der Waals surface area contributed by atoms with Crippen molar-refractivity contribution < 1.29 is 4.79 Å². The van der Waals surface area contributed by atoms with Crippen molar-refractivity contribution in [3.63, 3.8) is 0 Å². The Morgan fingerprint density at radius 3 is 2.24 bits per heavy atom. The Morgan fingerprint density at radius 2 is 1.69 bits per heavy atom. The summed E-state index contributed by atoms with van der Waals surface area (Å²) in [5.41, 5.74) is 1.95. The van der Waals surface area contributed by atoms with Crippen LogP contribution in [0.25, 0.3) is 0 Å². The van der Waals surface area contributed by atoms with E-state index in [0.717, 1.165) is 11.1 Å². The van der Waals surface area contributed by atoms with E-state index in [1.807, 2.05) is 35.2 Å². The largest absolute Gasteiger partial charge is 0.337 e. The van der Waals surface area contributed by atoms with Crippen LogP contribution in [0.3, 0.4) is 0 Å². The molecular weight excluding hydrogens is 364 g/mol. The highest BCUT2D eigenvalue weighted by atomic mass is 16.2. The average molecular weight is 393 g/mol. The number of benzene rings is 1. The molecule has 3 rings (SSSR count). The minimum absolute atomic E-state index is 0.0837. The van der Waals surface area contributed by atoms with Crippen molar-refractivity contribution >= 4 is 5.91 Å². The fourth-order valence-corrected chi connectivity index (χ4v) is 3.97. The molecule has 0 aliphatic rings. The number of aromatic amines is 1. The summed E-state index contributed by atoms with van der Waals surface area (Å²) in [6.07, 6.45) is 4.01. The lowest BCUT2D eigenvalue weighted by Crippen LogP contribution is -2.46. The van der Waals surface area contributed by atoms with Gasteiger partial charge in [0.05, 0.1) is 5.92 Å². The summed E-state index contributed by atoms with van der Waals surface area (Å²) in [4.78, 5) is 20.1. The van der Waals surface area contributed by atoms with Crippen LogP contribution in [0.1, 0.15) is 56.5 Å². The monoisotopic (exact) mass is 392 g/mol. The molecule has 0 radical (unpaired) electrons. The quantitative estimate of drug-likeness (QED) is 0.635. The Morgan fingerprint density at radius 1 is 1.00 bits per heavy atom. The Bertz CT molecular complexity index is 872. The summed E-state index contributed by atoms with van der Waals surface area (Å²) in [6, 6.07) is 14.1. The summed E-state index contributed by atoms with van der Waals surface area (Å²) in [5.74, 6) is 0.112. The lowest BCUT2D eigenvalue weighted by atomic mass is 9.78. The van der Waals surface area contributed by atoms with Gasteiger partial charge in [-0.3, -0.25) is 9.78 Å². The lowest BCUT2D eigenvalue weighted by Gasteiger charge is -2.37. The van der Waals surface area contributed by atoms with Crippen molar-refractivity contribution in [3.8, 4) is 0 Å². The lowest BCUT2D eigenvalue weighted by molar-refractivity contribution is -0.137. The van der Waals surface area contributed by atoms with Crippen LogP contribution in [-0.4, -0.2) is 48.5 Å². The maximum Gasteiger partial charge on any atom is 0.231 e. The van der Waals surface area contributed by atoms with Gasteiger partial charge >= 0.3 is 0 Å². The second-order valence-corrected chi connectivity index (χ2v) is 7.75. The normalized spacial score (nSPS) is 13.4. The van der Waals surface area contributed by atoms with E-state index in [1.54, 1.807) is 12.4 Å². The van der Waals surface area contributed by atoms with Gasteiger partial charge in [-0.1, -0.05) is 41.6 Å². The van der Waals surface area contributed by atoms with Crippen LogP contribution in [0, 0.1) is 0 Å². The van der Waals surface area contributed by atoms with Gasteiger partial charge in [-0.2, -0.15) is 5.21 Å². The van der Waals surface area contributed by atoms with Crippen LogP contribution in [0.4, 0.5) is 0 Å². The Kier molecular flexibility index (Phi) is 6.69. The fraction of sp³-hybridized carbons (Fsp3) is 0.409. The van der Waals surface area contributed by atoms with Gasteiger partial charge < -0.3 is 4.90 Å². The van der Waals surface area contributed by atoms with Crippen molar-refractivity contribution in [1.82, 2.24) is 30.5 Å². The number of tetrazole rings is 1. The zero-order chi connectivity index (χ0) is 20.8. The molecule has 0 aliphatic heterocycles. The molecule has 2 atom stereocenters. The van der Waals surface area contributed by atoms with Gasteiger partial charge in [0.1, 0.15) is 0 Å². The Balaban J connectivity index is 2.11. The average Bonchev–Trinajstić information content (AvgIpc) is 3.22. The molecule has 0 aliphatic carbocycles. The number of rotatable bonds is 8. The second-order valence-electron chi connectivity index (χ2n) is 7.75. The summed E-state index contributed by atoms with van der Waals surface area (Å²) in [7, 11) is 0. The number of pyridine rings is 1. The Labute approximate surface area is 171 Å². The van der Waals surface area contributed by atoms with E-state index < -0.39 is 5.92 Å². The van der Waals surface area contributed by atoms with E-state index in [9.17, 15) is 4.79 Å². The minimum Gasteiger partial charge on any atom is -0.337 e. The second kappa shape index (κ2) is 9.41. The predicted molar refractivity (Wildman–Crippen MR) is 111 cm³/mol. The van der Waals surface area contributed by atoms with Crippen LogP contribution in [0.15, 0.2) is 54.9 Å². The number of carbonyl (C=O) groups excluding carboxylic acids is 1. The van der Waals surface area contributed by atoms with E-state index in [4.69, 9.17) is 0 Å². The van der Waals surface area contributed by atoms with Crippen molar-refractivity contribution in [2.75, 3.05) is 0 Å². The number of hydrogen-bond acceptors (Lipinski definition) is 5. The molecular formula is C22H28N6O. The van der Waals surface area contributed by atoms with Gasteiger partial charge in [-0.05, 0) is 44.9 Å². The van der Waals surface area contributed by atoms with Crippen LogP contribution < -0.4 is 0 Å². The molecule has 2 unspecified atom stereocenters. The van der Waals surface area contributed by atoms with Crippen molar-refractivity contribution in [3.05, 3.63) is 71.8 Å². The van der Waals surface area contributed by atoms with Gasteiger partial charge in [-0.25, -0.2) is 0 Å². The highest BCUT2D eigenvalue weighted by Gasteiger charge is 2.36. The standard InChI is InChI=1S/C22H28N6O/c1-15(2)28(16(3)4)22(29)21(18-11-8-12-23-14-18)19(13-20-24-26-27-25-20)17-9-6-5-7-10-17/h5-12,14-16,19,21H,13H2,1-4H3,(H,24,25,26,27). The van der Waals surface area contributed by atoms with Gasteiger partial charge in [0.15, 0.2) is 5.82 Å². The van der Waals surface area contributed by atoms with Crippen LogP contribution in [-0.2, 0) is 11.2 Å². The molecule has 0 saturated heterocycles. The molecule has 0 spiro atoms. The zero-order valence-corrected chi connectivity index (χ0v) is 17.4. The first-order chi connectivity index (χ1) is 14.0. The summed E-state index contributed by atoms with van der Waals surface area (Å²) in [5, 5.41) is 14.5. The highest BCUT2D eigenvalue weighted by Crippen LogP contribution is 2.37. The molecule has 152 valence electrons. The third-order valence-electron chi connectivity index (χ3n) is 5.10. The molecule has 2 heterocycles.